The summed E-state index contributed by atoms with van der Waals surface area (Å²) >= 11 is 5.66. The first kappa shape index (κ1) is 13.0. The van der Waals surface area contributed by atoms with E-state index in [0.29, 0.717) is 11.4 Å². The molecule has 2 aromatic carbocycles. The van der Waals surface area contributed by atoms with E-state index >= 15 is 0 Å². The fourth-order valence-electron chi connectivity index (χ4n) is 1.32. The van der Waals surface area contributed by atoms with Crippen LogP contribution in [0, 0.1) is 10.1 Å². The number of nitro groups is 1. The van der Waals surface area contributed by atoms with Crippen LogP contribution in [0.2, 0.25) is 5.02 Å². The van der Waals surface area contributed by atoms with E-state index in [2.05, 4.69) is 10.2 Å². The lowest BCUT2D eigenvalue weighted by atomic mass is 10.3. The predicted molar refractivity (Wildman–Crippen MR) is 70.4 cm³/mol. The summed E-state index contributed by atoms with van der Waals surface area (Å²) < 4.78 is 0. The molecule has 0 atom stereocenters. The van der Waals surface area contributed by atoms with Crippen molar-refractivity contribution < 1.29 is 10.0 Å². The van der Waals surface area contributed by atoms with Gasteiger partial charge in [0.1, 0.15) is 5.75 Å². The van der Waals surface area contributed by atoms with Crippen LogP contribution in [0.15, 0.2) is 52.7 Å². The molecule has 96 valence electrons. The van der Waals surface area contributed by atoms with Crippen LogP contribution < -0.4 is 0 Å². The van der Waals surface area contributed by atoms with Crippen LogP contribution in [0.1, 0.15) is 0 Å². The molecule has 0 spiro atoms. The van der Waals surface area contributed by atoms with E-state index < -0.39 is 4.92 Å². The van der Waals surface area contributed by atoms with Crippen LogP contribution in [-0.4, -0.2) is 10.0 Å². The molecule has 0 fully saturated rings. The molecule has 19 heavy (non-hydrogen) atoms. The lowest BCUT2D eigenvalue weighted by Crippen LogP contribution is -1.85. The summed E-state index contributed by atoms with van der Waals surface area (Å²) in [5.74, 6) is -0.0817. The van der Waals surface area contributed by atoms with Crippen LogP contribution in [0.5, 0.6) is 5.75 Å². The van der Waals surface area contributed by atoms with Gasteiger partial charge in [-0.2, -0.15) is 10.2 Å². The minimum atomic E-state index is -0.488. The summed E-state index contributed by atoms with van der Waals surface area (Å²) in [5, 5.41) is 27.9. The zero-order valence-electron chi connectivity index (χ0n) is 9.52. The maximum Gasteiger partial charge on any atom is 0.269 e. The Kier molecular flexibility index (Phi) is 3.72. The van der Waals surface area contributed by atoms with Gasteiger partial charge in [0, 0.05) is 18.2 Å². The lowest BCUT2D eigenvalue weighted by molar-refractivity contribution is -0.384. The molecule has 0 bridgehead atoms. The molecule has 2 aromatic rings. The van der Waals surface area contributed by atoms with Gasteiger partial charge in [-0.3, -0.25) is 10.1 Å². The predicted octanol–water partition coefficient (Wildman–Crippen LogP) is 4.37. The van der Waals surface area contributed by atoms with Crippen molar-refractivity contribution in [3.8, 4) is 5.75 Å². The Hall–Kier alpha value is -2.47. The number of rotatable bonds is 3. The summed E-state index contributed by atoms with van der Waals surface area (Å²) in [6.07, 6.45) is 0. The molecule has 6 nitrogen and oxygen atoms in total. The zero-order valence-corrected chi connectivity index (χ0v) is 10.3. The second-order valence-corrected chi connectivity index (χ2v) is 4.02. The zero-order chi connectivity index (χ0) is 13.8. The van der Waals surface area contributed by atoms with Crippen molar-refractivity contribution in [2.24, 2.45) is 10.2 Å². The van der Waals surface area contributed by atoms with Gasteiger partial charge in [-0.15, -0.1) is 0 Å². The molecule has 0 heterocycles. The number of hydrogen-bond donors (Lipinski definition) is 1. The van der Waals surface area contributed by atoms with E-state index in [4.69, 9.17) is 11.6 Å². The Morgan fingerprint density at radius 2 is 1.63 bits per heavy atom. The number of azo groups is 1. The molecule has 1 N–H and O–H groups in total. The molecule has 0 aliphatic heterocycles. The molecule has 2 rings (SSSR count). The van der Waals surface area contributed by atoms with Crippen molar-refractivity contribution in [1.82, 2.24) is 0 Å². The SMILES string of the molecule is O=[N+]([O-])c1ccc(/N=N/c2ccc(Cl)c(O)c2)cc1. The standard InChI is InChI=1S/C12H8ClN3O3/c13-11-6-3-9(7-12(11)17)15-14-8-1-4-10(5-2-8)16(18)19/h1-7,17H/b15-14+. The molecular weight excluding hydrogens is 270 g/mol. The first-order chi connectivity index (χ1) is 9.06. The summed E-state index contributed by atoms with van der Waals surface area (Å²) in [6, 6.07) is 10.1. The Morgan fingerprint density at radius 1 is 1.05 bits per heavy atom. The van der Waals surface area contributed by atoms with Crippen molar-refractivity contribution in [3.05, 3.63) is 57.6 Å². The molecule has 0 aromatic heterocycles. The molecule has 0 saturated heterocycles. The molecule has 0 aliphatic carbocycles. The van der Waals surface area contributed by atoms with Gasteiger partial charge in [0.25, 0.3) is 5.69 Å². The van der Waals surface area contributed by atoms with Crippen molar-refractivity contribution in [3.63, 3.8) is 0 Å². The van der Waals surface area contributed by atoms with Crippen LogP contribution in [0.3, 0.4) is 0 Å². The number of halogens is 1. The molecule has 0 unspecified atom stereocenters. The summed E-state index contributed by atoms with van der Waals surface area (Å²) in [6.45, 7) is 0. The Balaban J connectivity index is 2.17. The molecule has 0 radical (unpaired) electrons. The van der Waals surface area contributed by atoms with Gasteiger partial charge in [-0.25, -0.2) is 0 Å². The van der Waals surface area contributed by atoms with E-state index in [-0.39, 0.29) is 16.5 Å². The number of benzene rings is 2. The van der Waals surface area contributed by atoms with Crippen molar-refractivity contribution in [2.45, 2.75) is 0 Å². The van der Waals surface area contributed by atoms with E-state index in [9.17, 15) is 15.2 Å². The summed E-state index contributed by atoms with van der Waals surface area (Å²) in [4.78, 5) is 9.98. The van der Waals surface area contributed by atoms with Gasteiger partial charge in [0.15, 0.2) is 0 Å². The van der Waals surface area contributed by atoms with Gasteiger partial charge < -0.3 is 5.11 Å². The lowest BCUT2D eigenvalue weighted by Gasteiger charge is -1.97. The second kappa shape index (κ2) is 5.45. The van der Waals surface area contributed by atoms with Crippen molar-refractivity contribution in [2.75, 3.05) is 0 Å². The molecule has 0 aliphatic rings. The van der Waals surface area contributed by atoms with E-state index in [0.717, 1.165) is 0 Å². The number of nitrogens with zero attached hydrogens (tertiary/aromatic N) is 3. The minimum absolute atomic E-state index is 0.0110. The maximum absolute atomic E-state index is 10.5. The third kappa shape index (κ3) is 3.26. The topological polar surface area (TPSA) is 88.1 Å². The smallest absolute Gasteiger partial charge is 0.269 e. The fourth-order valence-corrected chi connectivity index (χ4v) is 1.44. The maximum atomic E-state index is 10.5. The Labute approximate surface area is 113 Å². The number of hydrogen-bond acceptors (Lipinski definition) is 5. The van der Waals surface area contributed by atoms with Gasteiger partial charge in [0.05, 0.1) is 21.3 Å². The van der Waals surface area contributed by atoms with Gasteiger partial charge in [-0.05, 0) is 24.3 Å². The first-order valence-electron chi connectivity index (χ1n) is 5.21. The average Bonchev–Trinajstić information content (AvgIpc) is 2.40. The van der Waals surface area contributed by atoms with Gasteiger partial charge in [0.2, 0.25) is 0 Å². The third-order valence-electron chi connectivity index (χ3n) is 2.27. The monoisotopic (exact) mass is 277 g/mol. The number of phenolic OH excluding ortho intramolecular Hbond substituents is 1. The highest BCUT2D eigenvalue weighted by molar-refractivity contribution is 6.32. The highest BCUT2D eigenvalue weighted by Crippen LogP contribution is 2.29. The van der Waals surface area contributed by atoms with Crippen LogP contribution in [0.4, 0.5) is 17.1 Å². The van der Waals surface area contributed by atoms with Gasteiger partial charge >= 0.3 is 0 Å². The second-order valence-electron chi connectivity index (χ2n) is 3.61. The number of phenols is 1. The van der Waals surface area contributed by atoms with E-state index in [1.807, 2.05) is 0 Å². The Morgan fingerprint density at radius 3 is 2.21 bits per heavy atom. The highest BCUT2D eigenvalue weighted by Gasteiger charge is 2.03. The van der Waals surface area contributed by atoms with Crippen LogP contribution >= 0.6 is 11.6 Å². The molecule has 7 heteroatoms. The Bertz CT molecular complexity index is 641. The number of aromatic hydroxyl groups is 1. The van der Waals surface area contributed by atoms with Crippen molar-refractivity contribution >= 4 is 28.7 Å². The number of nitro benzene ring substituents is 1. The molecular formula is C12H8ClN3O3. The first-order valence-corrected chi connectivity index (χ1v) is 5.59. The van der Waals surface area contributed by atoms with E-state index in [1.165, 1.54) is 36.4 Å². The van der Waals surface area contributed by atoms with Crippen molar-refractivity contribution in [1.29, 1.82) is 0 Å². The quantitative estimate of drug-likeness (QED) is 0.513. The average molecular weight is 278 g/mol. The number of non-ortho nitro benzene ring substituents is 1. The third-order valence-corrected chi connectivity index (χ3v) is 2.59. The minimum Gasteiger partial charge on any atom is -0.506 e. The summed E-state index contributed by atoms with van der Waals surface area (Å²) in [7, 11) is 0. The summed E-state index contributed by atoms with van der Waals surface area (Å²) in [5.41, 5.74) is 0.892. The largest absolute Gasteiger partial charge is 0.506 e. The fraction of sp³-hybridized carbons (Fsp3) is 0. The molecule has 0 amide bonds. The normalized spacial score (nSPS) is 10.8. The van der Waals surface area contributed by atoms with Crippen LogP contribution in [0.25, 0.3) is 0 Å². The van der Waals surface area contributed by atoms with Gasteiger partial charge in [-0.1, -0.05) is 11.6 Å². The van der Waals surface area contributed by atoms with E-state index in [1.54, 1.807) is 6.07 Å². The highest BCUT2D eigenvalue weighted by atomic mass is 35.5. The molecule has 0 saturated carbocycles. The van der Waals surface area contributed by atoms with Crippen LogP contribution in [-0.2, 0) is 0 Å².